The topological polar surface area (TPSA) is 59.0 Å². The first kappa shape index (κ1) is 21.3. The quantitative estimate of drug-likeness (QED) is 0.523. The maximum Gasteiger partial charge on any atom is 0.343 e. The van der Waals surface area contributed by atoms with Crippen LogP contribution in [0.25, 0.3) is 0 Å². The van der Waals surface area contributed by atoms with Crippen LogP contribution in [-0.4, -0.2) is 66.5 Å². The first-order valence-corrected chi connectivity index (χ1v) is 11.4. The van der Waals surface area contributed by atoms with E-state index in [0.717, 1.165) is 69.2 Å². The van der Waals surface area contributed by atoms with E-state index >= 15 is 0 Å². The van der Waals surface area contributed by atoms with Gasteiger partial charge in [0.1, 0.15) is 18.9 Å². The van der Waals surface area contributed by atoms with Crippen LogP contribution < -0.4 is 0 Å². The summed E-state index contributed by atoms with van der Waals surface area (Å²) in [5.41, 5.74) is -0.890. The SMILES string of the molecule is C[N+]1(CCN2CC=CO2)CCC[C@@H]1COC(=O)C(O)(c1ccccc1)C1CCCC1. The second-order valence-corrected chi connectivity index (χ2v) is 9.30. The normalized spacial score (nSPS) is 29.1. The number of rotatable bonds is 8. The lowest BCUT2D eigenvalue weighted by Gasteiger charge is -2.38. The van der Waals surface area contributed by atoms with Gasteiger partial charge in [-0.1, -0.05) is 43.2 Å². The molecule has 1 aromatic carbocycles. The number of ether oxygens (including phenoxy) is 1. The molecule has 1 saturated carbocycles. The molecule has 0 spiro atoms. The van der Waals surface area contributed by atoms with E-state index in [-0.39, 0.29) is 12.0 Å². The molecule has 1 N–H and O–H groups in total. The Balaban J connectivity index is 1.41. The van der Waals surface area contributed by atoms with Gasteiger partial charge in [0.2, 0.25) is 0 Å². The van der Waals surface area contributed by atoms with Crippen molar-refractivity contribution in [1.82, 2.24) is 5.06 Å². The highest BCUT2D eigenvalue weighted by molar-refractivity contribution is 5.81. The summed E-state index contributed by atoms with van der Waals surface area (Å²) in [6.45, 7) is 4.07. The van der Waals surface area contributed by atoms with Gasteiger partial charge in [0, 0.05) is 18.8 Å². The zero-order valence-corrected chi connectivity index (χ0v) is 18.0. The first-order valence-electron chi connectivity index (χ1n) is 11.4. The van der Waals surface area contributed by atoms with E-state index in [4.69, 9.17) is 9.57 Å². The number of likely N-dealkylation sites (tertiary alicyclic amines) is 1. The standard InChI is InChI=1S/C24H35N2O4/c1-26(17-15-25-14-8-18-30-25)16-7-13-22(26)19-29-23(27)24(28,21-11-5-6-12-21)20-9-3-2-4-10-20/h2-4,8-10,18,21-22,28H,5-7,11-17,19H2,1H3/q+1/t22-,24?,26?/m1/s1. The summed E-state index contributed by atoms with van der Waals surface area (Å²) in [4.78, 5) is 18.7. The third kappa shape index (κ3) is 4.27. The van der Waals surface area contributed by atoms with Gasteiger partial charge in [-0.15, -0.1) is 5.06 Å². The summed E-state index contributed by atoms with van der Waals surface area (Å²) in [7, 11) is 2.25. The van der Waals surface area contributed by atoms with Gasteiger partial charge in [0.15, 0.2) is 5.60 Å². The van der Waals surface area contributed by atoms with E-state index in [0.29, 0.717) is 12.2 Å². The number of nitrogens with zero attached hydrogens (tertiary/aromatic N) is 2. The number of carbonyl (C=O) groups excluding carboxylic acids is 1. The van der Waals surface area contributed by atoms with Gasteiger partial charge >= 0.3 is 5.97 Å². The summed E-state index contributed by atoms with van der Waals surface area (Å²) in [5, 5.41) is 13.5. The average Bonchev–Trinajstić information content (AvgIpc) is 3.53. The van der Waals surface area contributed by atoms with Gasteiger partial charge in [-0.05, 0) is 24.5 Å². The molecule has 1 saturated heterocycles. The summed E-state index contributed by atoms with van der Waals surface area (Å²) in [6.07, 6.45) is 9.74. The number of likely N-dealkylation sites (N-methyl/N-ethyl adjacent to an activating group) is 1. The van der Waals surface area contributed by atoms with Gasteiger partial charge in [-0.25, -0.2) is 4.79 Å². The second-order valence-electron chi connectivity index (χ2n) is 9.30. The lowest BCUT2D eigenvalue weighted by Crippen LogP contribution is -2.54. The second kappa shape index (κ2) is 9.08. The minimum Gasteiger partial charge on any atom is -0.457 e. The van der Waals surface area contributed by atoms with Crippen LogP contribution in [0.3, 0.4) is 0 Å². The number of carbonyl (C=O) groups is 1. The maximum atomic E-state index is 13.3. The van der Waals surface area contributed by atoms with Crippen LogP contribution in [-0.2, 0) is 20.0 Å². The Morgan fingerprint density at radius 3 is 2.70 bits per heavy atom. The van der Waals surface area contributed by atoms with Crippen LogP contribution in [0.1, 0.15) is 44.1 Å². The minimum atomic E-state index is -1.55. The molecule has 3 atom stereocenters. The molecule has 2 unspecified atom stereocenters. The predicted molar refractivity (Wildman–Crippen MR) is 114 cm³/mol. The third-order valence-electron chi connectivity index (χ3n) is 7.44. The highest BCUT2D eigenvalue weighted by Gasteiger charge is 2.49. The van der Waals surface area contributed by atoms with E-state index in [1.165, 1.54) is 0 Å². The van der Waals surface area contributed by atoms with Crippen LogP contribution >= 0.6 is 0 Å². The highest BCUT2D eigenvalue weighted by atomic mass is 16.7. The molecule has 164 valence electrons. The van der Waals surface area contributed by atoms with Crippen molar-refractivity contribution in [2.75, 3.05) is 39.8 Å². The molecule has 0 radical (unpaired) electrons. The number of benzene rings is 1. The first-order chi connectivity index (χ1) is 14.5. The van der Waals surface area contributed by atoms with E-state index in [1.54, 1.807) is 6.26 Å². The van der Waals surface area contributed by atoms with Gasteiger partial charge in [0.25, 0.3) is 0 Å². The van der Waals surface area contributed by atoms with Gasteiger partial charge in [0.05, 0.1) is 33.2 Å². The van der Waals surface area contributed by atoms with Crippen LogP contribution in [0.4, 0.5) is 0 Å². The fourth-order valence-corrected chi connectivity index (χ4v) is 5.39. The summed E-state index contributed by atoms with van der Waals surface area (Å²) >= 11 is 0. The molecule has 4 rings (SSSR count). The lowest BCUT2D eigenvalue weighted by atomic mass is 9.80. The largest absolute Gasteiger partial charge is 0.457 e. The summed E-state index contributed by atoms with van der Waals surface area (Å²) in [6, 6.07) is 9.61. The molecule has 2 heterocycles. The Hall–Kier alpha value is -1.89. The molecular weight excluding hydrogens is 380 g/mol. The van der Waals surface area contributed by atoms with Crippen molar-refractivity contribution < 1.29 is 24.0 Å². The molecule has 3 aliphatic rings. The Bertz CT molecular complexity index is 741. The fraction of sp³-hybridized carbons (Fsp3) is 0.625. The highest BCUT2D eigenvalue weighted by Crippen LogP contribution is 2.41. The van der Waals surface area contributed by atoms with Crippen molar-refractivity contribution in [3.63, 3.8) is 0 Å². The Morgan fingerprint density at radius 2 is 2.00 bits per heavy atom. The van der Waals surface area contributed by atoms with E-state index in [2.05, 4.69) is 7.05 Å². The molecule has 2 fully saturated rings. The Labute approximate surface area is 179 Å². The molecule has 6 nitrogen and oxygen atoms in total. The van der Waals surface area contributed by atoms with Crippen LogP contribution in [0, 0.1) is 5.92 Å². The van der Waals surface area contributed by atoms with Gasteiger partial charge in [-0.3, -0.25) is 0 Å². The molecule has 1 aromatic rings. The number of hydroxylamine groups is 2. The number of hydrogen-bond donors (Lipinski definition) is 1. The molecule has 1 aliphatic carbocycles. The predicted octanol–water partition coefficient (Wildman–Crippen LogP) is 2.98. The van der Waals surface area contributed by atoms with Gasteiger partial charge < -0.3 is 19.2 Å². The molecule has 0 amide bonds. The van der Waals surface area contributed by atoms with Crippen molar-refractivity contribution in [3.05, 3.63) is 48.2 Å². The number of aliphatic hydroxyl groups is 1. The third-order valence-corrected chi connectivity index (χ3v) is 7.44. The van der Waals surface area contributed by atoms with Crippen LogP contribution in [0.2, 0.25) is 0 Å². The van der Waals surface area contributed by atoms with Crippen molar-refractivity contribution in [1.29, 1.82) is 0 Å². The minimum absolute atomic E-state index is 0.0725. The van der Waals surface area contributed by atoms with Crippen LogP contribution in [0.5, 0.6) is 0 Å². The molecule has 6 heteroatoms. The van der Waals surface area contributed by atoms with Crippen molar-refractivity contribution >= 4 is 5.97 Å². The summed E-state index contributed by atoms with van der Waals surface area (Å²) < 4.78 is 6.74. The van der Waals surface area contributed by atoms with Crippen molar-refractivity contribution in [2.45, 2.75) is 50.2 Å². The van der Waals surface area contributed by atoms with Crippen LogP contribution in [0.15, 0.2) is 42.7 Å². The lowest BCUT2D eigenvalue weighted by molar-refractivity contribution is -0.921. The Morgan fingerprint density at radius 1 is 1.23 bits per heavy atom. The fourth-order valence-electron chi connectivity index (χ4n) is 5.39. The average molecular weight is 416 g/mol. The maximum absolute atomic E-state index is 13.3. The summed E-state index contributed by atoms with van der Waals surface area (Å²) in [5.74, 6) is -0.553. The zero-order chi connectivity index (χ0) is 21.0. The van der Waals surface area contributed by atoms with Gasteiger partial charge in [-0.2, -0.15) is 0 Å². The Kier molecular flexibility index (Phi) is 6.46. The molecule has 0 bridgehead atoms. The number of esters is 1. The molecule has 2 aliphatic heterocycles. The number of hydrogen-bond acceptors (Lipinski definition) is 5. The van der Waals surface area contributed by atoms with Crippen molar-refractivity contribution in [3.8, 4) is 0 Å². The van der Waals surface area contributed by atoms with Crippen molar-refractivity contribution in [2.24, 2.45) is 5.92 Å². The smallest absolute Gasteiger partial charge is 0.343 e. The molecule has 30 heavy (non-hydrogen) atoms. The molecule has 0 aromatic heterocycles. The monoisotopic (exact) mass is 415 g/mol. The zero-order valence-electron chi connectivity index (χ0n) is 18.0. The van der Waals surface area contributed by atoms with E-state index in [9.17, 15) is 9.90 Å². The molecular formula is C24H35N2O4+. The van der Waals surface area contributed by atoms with E-state index in [1.807, 2.05) is 41.5 Å². The van der Waals surface area contributed by atoms with E-state index < -0.39 is 11.6 Å². The number of quaternary nitrogens is 1.